The zero-order chi connectivity index (χ0) is 14.0. The van der Waals surface area contributed by atoms with Crippen molar-refractivity contribution in [1.82, 2.24) is 10.2 Å². The molecule has 0 saturated carbocycles. The standard InChI is InChI=1S/C12H14BrN3O2S/c1-8(2)11-7-12(15-14-11)16-19(17,18)10-5-3-9(13)4-6-10/h3-8H,1-2H3,(H2,14,15,16). The highest BCUT2D eigenvalue weighted by Gasteiger charge is 2.16. The van der Waals surface area contributed by atoms with Crippen LogP contribution in [0.5, 0.6) is 0 Å². The zero-order valence-corrected chi connectivity index (χ0v) is 12.9. The number of rotatable bonds is 4. The van der Waals surface area contributed by atoms with Gasteiger partial charge in [-0.1, -0.05) is 29.8 Å². The molecule has 1 aromatic carbocycles. The van der Waals surface area contributed by atoms with Crippen molar-refractivity contribution >= 4 is 31.8 Å². The van der Waals surface area contributed by atoms with Crippen LogP contribution in [0.3, 0.4) is 0 Å². The molecule has 0 aliphatic heterocycles. The third-order valence-electron chi connectivity index (χ3n) is 2.58. The summed E-state index contributed by atoms with van der Waals surface area (Å²) >= 11 is 3.27. The summed E-state index contributed by atoms with van der Waals surface area (Å²) in [5.74, 6) is 0.560. The van der Waals surface area contributed by atoms with Crippen LogP contribution in [0.2, 0.25) is 0 Å². The Morgan fingerprint density at radius 3 is 2.42 bits per heavy atom. The Hall–Kier alpha value is -1.34. The van der Waals surface area contributed by atoms with Crippen molar-refractivity contribution < 1.29 is 8.42 Å². The number of anilines is 1. The summed E-state index contributed by atoms with van der Waals surface area (Å²) in [5.41, 5.74) is 0.883. The van der Waals surface area contributed by atoms with E-state index in [1.807, 2.05) is 13.8 Å². The minimum atomic E-state index is -3.60. The van der Waals surface area contributed by atoms with E-state index >= 15 is 0 Å². The maximum atomic E-state index is 12.1. The predicted octanol–water partition coefficient (Wildman–Crippen LogP) is 3.10. The third kappa shape index (κ3) is 3.36. The van der Waals surface area contributed by atoms with E-state index < -0.39 is 10.0 Å². The molecule has 2 aromatic rings. The molecule has 0 radical (unpaired) electrons. The molecular weight excluding hydrogens is 330 g/mol. The first-order chi connectivity index (χ1) is 8.88. The minimum Gasteiger partial charge on any atom is -0.280 e. The number of nitrogens with one attached hydrogen (secondary N) is 2. The number of hydrogen-bond acceptors (Lipinski definition) is 3. The first-order valence-corrected chi connectivity index (χ1v) is 8.00. The summed E-state index contributed by atoms with van der Waals surface area (Å²) in [5, 5.41) is 6.75. The van der Waals surface area contributed by atoms with Crippen molar-refractivity contribution in [3.8, 4) is 0 Å². The van der Waals surface area contributed by atoms with Crippen molar-refractivity contribution in [3.05, 3.63) is 40.5 Å². The smallest absolute Gasteiger partial charge is 0.263 e. The fourth-order valence-electron chi connectivity index (χ4n) is 1.50. The maximum Gasteiger partial charge on any atom is 0.263 e. The second-order valence-electron chi connectivity index (χ2n) is 4.42. The molecule has 2 rings (SSSR count). The topological polar surface area (TPSA) is 74.8 Å². The molecule has 0 atom stereocenters. The van der Waals surface area contributed by atoms with Crippen molar-refractivity contribution in [3.63, 3.8) is 0 Å². The lowest BCUT2D eigenvalue weighted by molar-refractivity contribution is 0.601. The van der Waals surface area contributed by atoms with Crippen molar-refractivity contribution in [2.45, 2.75) is 24.7 Å². The Morgan fingerprint density at radius 1 is 1.26 bits per heavy atom. The number of aromatic amines is 1. The molecule has 0 fully saturated rings. The summed E-state index contributed by atoms with van der Waals surface area (Å²) in [6, 6.07) is 8.11. The highest BCUT2D eigenvalue weighted by atomic mass is 79.9. The van der Waals surface area contributed by atoms with Crippen LogP contribution in [-0.4, -0.2) is 18.6 Å². The molecule has 0 aliphatic carbocycles. The van der Waals surface area contributed by atoms with Crippen LogP contribution in [0, 0.1) is 0 Å². The van der Waals surface area contributed by atoms with Gasteiger partial charge in [0.1, 0.15) is 0 Å². The number of hydrogen-bond donors (Lipinski definition) is 2. The van der Waals surface area contributed by atoms with Crippen LogP contribution >= 0.6 is 15.9 Å². The molecule has 0 spiro atoms. The van der Waals surface area contributed by atoms with Crippen LogP contribution in [0.15, 0.2) is 39.7 Å². The second-order valence-corrected chi connectivity index (χ2v) is 7.02. The number of halogens is 1. The van der Waals surface area contributed by atoms with Gasteiger partial charge in [-0.25, -0.2) is 8.42 Å². The van der Waals surface area contributed by atoms with Crippen molar-refractivity contribution in [2.24, 2.45) is 0 Å². The highest BCUT2D eigenvalue weighted by Crippen LogP contribution is 2.19. The number of nitrogens with zero attached hydrogens (tertiary/aromatic N) is 1. The van der Waals surface area contributed by atoms with Crippen LogP contribution < -0.4 is 4.72 Å². The van der Waals surface area contributed by atoms with E-state index in [1.54, 1.807) is 18.2 Å². The molecule has 0 aliphatic rings. The van der Waals surface area contributed by atoms with Gasteiger partial charge in [-0.15, -0.1) is 0 Å². The molecular formula is C12H14BrN3O2S. The van der Waals surface area contributed by atoms with Crippen LogP contribution in [0.25, 0.3) is 0 Å². The van der Waals surface area contributed by atoms with Gasteiger partial charge in [0.2, 0.25) is 0 Å². The minimum absolute atomic E-state index is 0.199. The molecule has 0 bridgehead atoms. The Bertz CT molecular complexity index is 663. The van der Waals surface area contributed by atoms with Crippen LogP contribution in [-0.2, 0) is 10.0 Å². The van der Waals surface area contributed by atoms with E-state index in [0.29, 0.717) is 5.82 Å². The normalized spacial score (nSPS) is 11.8. The summed E-state index contributed by atoms with van der Waals surface area (Å²) in [7, 11) is -3.60. The van der Waals surface area contributed by atoms with Gasteiger partial charge in [-0.05, 0) is 30.2 Å². The van der Waals surface area contributed by atoms with Gasteiger partial charge in [-0.2, -0.15) is 5.10 Å². The van der Waals surface area contributed by atoms with Gasteiger partial charge >= 0.3 is 0 Å². The van der Waals surface area contributed by atoms with Gasteiger partial charge in [0.25, 0.3) is 10.0 Å². The van der Waals surface area contributed by atoms with E-state index in [2.05, 4.69) is 30.8 Å². The number of H-pyrrole nitrogens is 1. The van der Waals surface area contributed by atoms with Gasteiger partial charge in [0.05, 0.1) is 4.90 Å². The average molecular weight is 344 g/mol. The highest BCUT2D eigenvalue weighted by molar-refractivity contribution is 9.10. The Labute approximate surface area is 120 Å². The molecule has 1 heterocycles. The molecule has 2 N–H and O–H groups in total. The Balaban J connectivity index is 2.23. The predicted molar refractivity (Wildman–Crippen MR) is 77.6 cm³/mol. The Kier molecular flexibility index (Phi) is 3.96. The average Bonchev–Trinajstić information content (AvgIpc) is 2.77. The summed E-state index contributed by atoms with van der Waals surface area (Å²) in [6.07, 6.45) is 0. The SMILES string of the molecule is CC(C)c1cc(NS(=O)(=O)c2ccc(Br)cc2)n[nH]1. The van der Waals surface area contributed by atoms with E-state index in [0.717, 1.165) is 10.2 Å². The van der Waals surface area contributed by atoms with E-state index in [4.69, 9.17) is 0 Å². The molecule has 1 aromatic heterocycles. The molecule has 19 heavy (non-hydrogen) atoms. The van der Waals surface area contributed by atoms with Gasteiger partial charge < -0.3 is 0 Å². The summed E-state index contributed by atoms with van der Waals surface area (Å²) in [6.45, 7) is 4.00. The summed E-state index contributed by atoms with van der Waals surface area (Å²) < 4.78 is 27.5. The molecule has 102 valence electrons. The lowest BCUT2D eigenvalue weighted by Gasteiger charge is -2.05. The molecule has 7 heteroatoms. The molecule has 0 amide bonds. The van der Waals surface area contributed by atoms with E-state index in [1.165, 1.54) is 12.1 Å². The van der Waals surface area contributed by atoms with Crippen LogP contribution in [0.1, 0.15) is 25.5 Å². The monoisotopic (exact) mass is 343 g/mol. The van der Waals surface area contributed by atoms with E-state index in [-0.39, 0.29) is 10.8 Å². The molecule has 5 nitrogen and oxygen atoms in total. The fourth-order valence-corrected chi connectivity index (χ4v) is 2.75. The molecule has 0 saturated heterocycles. The lowest BCUT2D eigenvalue weighted by Crippen LogP contribution is -2.13. The van der Waals surface area contributed by atoms with Gasteiger partial charge in [0, 0.05) is 16.2 Å². The number of aromatic nitrogens is 2. The molecule has 0 unspecified atom stereocenters. The van der Waals surface area contributed by atoms with E-state index in [9.17, 15) is 8.42 Å². The Morgan fingerprint density at radius 2 is 1.89 bits per heavy atom. The lowest BCUT2D eigenvalue weighted by atomic mass is 10.1. The number of benzene rings is 1. The first kappa shape index (κ1) is 14.1. The largest absolute Gasteiger partial charge is 0.280 e. The van der Waals surface area contributed by atoms with Crippen molar-refractivity contribution in [1.29, 1.82) is 0 Å². The number of sulfonamides is 1. The van der Waals surface area contributed by atoms with Gasteiger partial charge in [-0.3, -0.25) is 9.82 Å². The van der Waals surface area contributed by atoms with Crippen LogP contribution in [0.4, 0.5) is 5.82 Å². The summed E-state index contributed by atoms with van der Waals surface area (Å²) in [4.78, 5) is 0.199. The third-order valence-corrected chi connectivity index (χ3v) is 4.48. The second kappa shape index (κ2) is 5.34. The first-order valence-electron chi connectivity index (χ1n) is 5.72. The zero-order valence-electron chi connectivity index (χ0n) is 10.5. The quantitative estimate of drug-likeness (QED) is 0.895. The fraction of sp³-hybridized carbons (Fsp3) is 0.250. The van der Waals surface area contributed by atoms with Crippen molar-refractivity contribution in [2.75, 3.05) is 4.72 Å². The van der Waals surface area contributed by atoms with Gasteiger partial charge in [0.15, 0.2) is 5.82 Å². The maximum absolute atomic E-state index is 12.1.